The lowest BCUT2D eigenvalue weighted by Crippen LogP contribution is -2.56. The fourth-order valence-electron chi connectivity index (χ4n) is 4.10. The number of piperidine rings is 2. The predicted molar refractivity (Wildman–Crippen MR) is 77.3 cm³/mol. The van der Waals surface area contributed by atoms with Gasteiger partial charge in [0.2, 0.25) is 5.91 Å². The van der Waals surface area contributed by atoms with E-state index in [1.807, 2.05) is 0 Å². The Bertz CT molecular complexity index is 349. The third-order valence-corrected chi connectivity index (χ3v) is 5.35. The van der Waals surface area contributed by atoms with E-state index in [0.29, 0.717) is 24.7 Å². The second-order valence-electron chi connectivity index (χ2n) is 6.64. The number of hydrogen-bond donors (Lipinski definition) is 2. The Balaban J connectivity index is 1.52. The summed E-state index contributed by atoms with van der Waals surface area (Å²) < 4.78 is 5.68. The van der Waals surface area contributed by atoms with Gasteiger partial charge in [0.25, 0.3) is 0 Å². The zero-order valence-corrected chi connectivity index (χ0v) is 12.4. The molecule has 3 aliphatic rings. The molecule has 0 spiro atoms. The Hall–Kier alpha value is -0.650. The van der Waals surface area contributed by atoms with Crippen molar-refractivity contribution < 1.29 is 9.53 Å². The highest BCUT2D eigenvalue weighted by atomic mass is 16.5. The van der Waals surface area contributed by atoms with Gasteiger partial charge in [-0.05, 0) is 45.6 Å². The average Bonchev–Trinajstić information content (AvgIpc) is 2.89. The second-order valence-corrected chi connectivity index (χ2v) is 6.64. The van der Waals surface area contributed by atoms with Gasteiger partial charge in [-0.15, -0.1) is 0 Å². The number of nitrogens with zero attached hydrogens (tertiary/aromatic N) is 1. The van der Waals surface area contributed by atoms with Gasteiger partial charge in [0, 0.05) is 24.7 Å². The average molecular weight is 281 g/mol. The second kappa shape index (κ2) is 6.00. The van der Waals surface area contributed by atoms with Gasteiger partial charge in [-0.2, -0.15) is 0 Å². The van der Waals surface area contributed by atoms with Crippen LogP contribution in [0.25, 0.3) is 0 Å². The van der Waals surface area contributed by atoms with Crippen molar-refractivity contribution in [3.05, 3.63) is 0 Å². The molecule has 2 unspecified atom stereocenters. The summed E-state index contributed by atoms with van der Waals surface area (Å²) in [5.74, 6) is 0.0774. The van der Waals surface area contributed by atoms with Gasteiger partial charge in [-0.25, -0.2) is 0 Å². The minimum Gasteiger partial charge on any atom is -0.364 e. The van der Waals surface area contributed by atoms with Gasteiger partial charge >= 0.3 is 0 Å². The number of rotatable bonds is 3. The number of ether oxygens (including phenoxy) is 1. The van der Waals surface area contributed by atoms with Crippen LogP contribution in [0.3, 0.4) is 0 Å². The first-order valence-electron chi connectivity index (χ1n) is 8.05. The van der Waals surface area contributed by atoms with Crippen LogP contribution >= 0.6 is 0 Å². The molecule has 5 nitrogen and oxygen atoms in total. The van der Waals surface area contributed by atoms with E-state index in [9.17, 15) is 4.79 Å². The first-order chi connectivity index (χ1) is 9.67. The van der Waals surface area contributed by atoms with Gasteiger partial charge in [0.15, 0.2) is 0 Å². The zero-order chi connectivity index (χ0) is 14.1. The van der Waals surface area contributed by atoms with Crippen LogP contribution in [0.4, 0.5) is 0 Å². The molecule has 3 aliphatic heterocycles. The van der Waals surface area contributed by atoms with Crippen molar-refractivity contribution in [2.75, 3.05) is 13.6 Å². The summed E-state index contributed by atoms with van der Waals surface area (Å²) >= 11 is 0. The third-order valence-electron chi connectivity index (χ3n) is 5.35. The predicted octanol–water partition coefficient (Wildman–Crippen LogP) is 0.624. The van der Waals surface area contributed by atoms with E-state index in [2.05, 4.69) is 17.3 Å². The molecule has 3 rings (SSSR count). The van der Waals surface area contributed by atoms with Crippen LogP contribution in [-0.2, 0) is 9.53 Å². The van der Waals surface area contributed by atoms with Gasteiger partial charge in [0.05, 0.1) is 6.10 Å². The van der Waals surface area contributed by atoms with Crippen LogP contribution in [-0.4, -0.2) is 54.7 Å². The molecule has 0 aromatic heterocycles. The molecule has 114 valence electrons. The molecule has 20 heavy (non-hydrogen) atoms. The molecule has 4 atom stereocenters. The molecule has 0 saturated carbocycles. The molecule has 0 radical (unpaired) electrons. The van der Waals surface area contributed by atoms with Crippen molar-refractivity contribution >= 4 is 5.91 Å². The summed E-state index contributed by atoms with van der Waals surface area (Å²) in [4.78, 5) is 14.8. The van der Waals surface area contributed by atoms with Crippen LogP contribution in [0.5, 0.6) is 0 Å². The number of carbonyl (C=O) groups excluding carboxylic acids is 1. The standard InChI is InChI=1S/C15H27N3O2/c1-18-11-3-2-4-12(18)8-10(7-11)17-15(19)14-6-5-13(9-16)20-14/h10-14H,2-9,16H2,1H3,(H,17,19)/t10?,11?,12?,13-,14+/m1/s1. The Labute approximate surface area is 121 Å². The Morgan fingerprint density at radius 3 is 2.55 bits per heavy atom. The topological polar surface area (TPSA) is 67.6 Å². The molecule has 2 bridgehead atoms. The lowest BCUT2D eigenvalue weighted by Gasteiger charge is -2.47. The lowest BCUT2D eigenvalue weighted by molar-refractivity contribution is -0.133. The fourth-order valence-corrected chi connectivity index (χ4v) is 4.10. The van der Waals surface area contributed by atoms with E-state index in [-0.39, 0.29) is 18.1 Å². The van der Waals surface area contributed by atoms with Crippen molar-refractivity contribution in [2.45, 2.75) is 75.3 Å². The van der Waals surface area contributed by atoms with E-state index in [0.717, 1.165) is 25.7 Å². The van der Waals surface area contributed by atoms with Crippen LogP contribution in [0.1, 0.15) is 44.9 Å². The summed E-state index contributed by atoms with van der Waals surface area (Å²) in [5, 5.41) is 3.22. The summed E-state index contributed by atoms with van der Waals surface area (Å²) in [6.07, 6.45) is 7.58. The Morgan fingerprint density at radius 2 is 1.95 bits per heavy atom. The molecule has 5 heteroatoms. The number of nitrogens with two attached hydrogens (primary N) is 1. The number of hydrogen-bond acceptors (Lipinski definition) is 4. The molecule has 3 fully saturated rings. The van der Waals surface area contributed by atoms with Crippen LogP contribution < -0.4 is 11.1 Å². The summed E-state index contributed by atoms with van der Waals surface area (Å²) in [6, 6.07) is 1.62. The maximum absolute atomic E-state index is 12.3. The molecule has 3 N–H and O–H groups in total. The van der Waals surface area contributed by atoms with Gasteiger partial charge in [0.1, 0.15) is 6.10 Å². The van der Waals surface area contributed by atoms with Crippen LogP contribution in [0.15, 0.2) is 0 Å². The van der Waals surface area contributed by atoms with Gasteiger partial charge in [-0.3, -0.25) is 4.79 Å². The van der Waals surface area contributed by atoms with E-state index in [1.165, 1.54) is 19.3 Å². The van der Waals surface area contributed by atoms with Crippen molar-refractivity contribution in [1.29, 1.82) is 0 Å². The maximum atomic E-state index is 12.3. The van der Waals surface area contributed by atoms with E-state index < -0.39 is 0 Å². The molecule has 0 aliphatic carbocycles. The highest BCUT2D eigenvalue weighted by Crippen LogP contribution is 2.32. The summed E-state index contributed by atoms with van der Waals surface area (Å²) in [7, 11) is 2.23. The summed E-state index contributed by atoms with van der Waals surface area (Å²) in [6.45, 7) is 0.516. The molecule has 3 saturated heterocycles. The Morgan fingerprint density at radius 1 is 1.25 bits per heavy atom. The molecule has 0 aromatic rings. The maximum Gasteiger partial charge on any atom is 0.249 e. The van der Waals surface area contributed by atoms with Crippen LogP contribution in [0, 0.1) is 0 Å². The van der Waals surface area contributed by atoms with Gasteiger partial charge < -0.3 is 20.7 Å². The molecular formula is C15H27N3O2. The molecule has 1 amide bonds. The number of amides is 1. The number of fused-ring (bicyclic) bond motifs is 2. The monoisotopic (exact) mass is 281 g/mol. The van der Waals surface area contributed by atoms with Crippen molar-refractivity contribution in [3.8, 4) is 0 Å². The van der Waals surface area contributed by atoms with Crippen molar-refractivity contribution in [1.82, 2.24) is 10.2 Å². The van der Waals surface area contributed by atoms with E-state index in [1.54, 1.807) is 0 Å². The fraction of sp³-hybridized carbons (Fsp3) is 0.933. The first-order valence-corrected chi connectivity index (χ1v) is 8.05. The van der Waals surface area contributed by atoms with Crippen LogP contribution in [0.2, 0.25) is 0 Å². The van der Waals surface area contributed by atoms with E-state index >= 15 is 0 Å². The normalized spacial score (nSPS) is 41.6. The Kier molecular flexibility index (Phi) is 4.29. The quantitative estimate of drug-likeness (QED) is 0.796. The lowest BCUT2D eigenvalue weighted by atomic mass is 9.82. The van der Waals surface area contributed by atoms with E-state index in [4.69, 9.17) is 10.5 Å². The first kappa shape index (κ1) is 14.3. The highest BCUT2D eigenvalue weighted by Gasteiger charge is 2.38. The largest absolute Gasteiger partial charge is 0.364 e. The minimum atomic E-state index is -0.275. The number of carbonyl (C=O) groups is 1. The van der Waals surface area contributed by atoms with Crippen molar-refractivity contribution in [2.24, 2.45) is 5.73 Å². The van der Waals surface area contributed by atoms with Gasteiger partial charge in [-0.1, -0.05) is 6.42 Å². The minimum absolute atomic E-state index is 0.0719. The summed E-state index contributed by atoms with van der Waals surface area (Å²) in [5.41, 5.74) is 5.60. The molecular weight excluding hydrogens is 254 g/mol. The zero-order valence-electron chi connectivity index (χ0n) is 12.4. The SMILES string of the molecule is CN1C2CCCC1CC(NC(=O)[C@@H]1CC[C@H](CN)O1)C2. The highest BCUT2D eigenvalue weighted by molar-refractivity contribution is 5.81. The molecule has 3 heterocycles. The molecule has 0 aromatic carbocycles. The smallest absolute Gasteiger partial charge is 0.249 e. The number of nitrogens with one attached hydrogen (secondary N) is 1. The third kappa shape index (κ3) is 2.85. The van der Waals surface area contributed by atoms with Crippen molar-refractivity contribution in [3.63, 3.8) is 0 Å².